The summed E-state index contributed by atoms with van der Waals surface area (Å²) in [7, 11) is 0. The molecule has 16 heteroatoms. The van der Waals surface area contributed by atoms with Crippen molar-refractivity contribution in [2.45, 2.75) is 42.1 Å². The van der Waals surface area contributed by atoms with Gasteiger partial charge in [-0.15, -0.1) is 0 Å². The Hall–Kier alpha value is -2.22. The second-order valence-corrected chi connectivity index (χ2v) is 15.1. The molecule has 2 nitrogen and oxygen atoms in total. The highest BCUT2D eigenvalue weighted by atomic mass is 79.9. The summed E-state index contributed by atoms with van der Waals surface area (Å²) >= 11 is 29.6. The van der Waals surface area contributed by atoms with Gasteiger partial charge in [0.25, 0.3) is 0 Å². The van der Waals surface area contributed by atoms with Crippen molar-refractivity contribution in [3.05, 3.63) is 136 Å². The van der Waals surface area contributed by atoms with Gasteiger partial charge in [-0.25, -0.2) is 8.78 Å². The first-order chi connectivity index (χ1) is 23.2. The van der Waals surface area contributed by atoms with Crippen molar-refractivity contribution in [3.8, 4) is 0 Å². The molecule has 0 bridgehead atoms. The first-order valence-corrected chi connectivity index (χ1v) is 17.4. The maximum Gasteiger partial charge on any atom is 0.403 e. The molecule has 0 saturated heterocycles. The van der Waals surface area contributed by atoms with E-state index in [4.69, 9.17) is 46.4 Å². The third kappa shape index (κ3) is 7.90. The van der Waals surface area contributed by atoms with E-state index >= 15 is 0 Å². The Balaban J connectivity index is 0.000000194. The fraction of sp³-hybridized carbons (Fsp3) is 0.235. The fourth-order valence-electron chi connectivity index (χ4n) is 5.78. The van der Waals surface area contributed by atoms with Crippen LogP contribution in [0.15, 0.2) is 91.7 Å². The summed E-state index contributed by atoms with van der Waals surface area (Å²) in [6.07, 6.45) is -8.95. The Morgan fingerprint density at radius 3 is 1.68 bits per heavy atom. The summed E-state index contributed by atoms with van der Waals surface area (Å²) < 4.78 is 111. The first-order valence-electron chi connectivity index (χ1n) is 14.3. The van der Waals surface area contributed by atoms with Gasteiger partial charge in [0, 0.05) is 38.4 Å². The van der Waals surface area contributed by atoms with Crippen LogP contribution >= 0.6 is 78.3 Å². The fourth-order valence-corrected chi connectivity index (χ4v) is 7.61. The van der Waals surface area contributed by atoms with E-state index in [1.165, 1.54) is 72.8 Å². The molecule has 0 N–H and O–H groups in total. The third-order valence-corrected chi connectivity index (χ3v) is 10.5. The van der Waals surface area contributed by atoms with Crippen molar-refractivity contribution in [2.75, 3.05) is 6.54 Å². The predicted octanol–water partition coefficient (Wildman–Crippen LogP) is 13.5. The number of aliphatic imine (C=N–C) groups is 2. The average molecular weight is 910 g/mol. The van der Waals surface area contributed by atoms with Crippen LogP contribution in [0.3, 0.4) is 0 Å². The van der Waals surface area contributed by atoms with Gasteiger partial charge in [-0.3, -0.25) is 9.98 Å². The summed E-state index contributed by atoms with van der Waals surface area (Å²) in [4.78, 5) is 8.16. The van der Waals surface area contributed by atoms with Crippen LogP contribution in [0.5, 0.6) is 0 Å². The molecule has 4 aromatic rings. The van der Waals surface area contributed by atoms with Gasteiger partial charge >= 0.3 is 12.4 Å². The number of halogens is 14. The molecule has 2 aliphatic heterocycles. The summed E-state index contributed by atoms with van der Waals surface area (Å²) in [5, 5.41) is 0.494. The molecule has 3 atom stereocenters. The van der Waals surface area contributed by atoms with Crippen LogP contribution in [-0.4, -0.2) is 30.8 Å². The summed E-state index contributed by atoms with van der Waals surface area (Å²) in [5.41, 5.74) is -3.42. The monoisotopic (exact) mass is 906 g/mol. The Morgan fingerprint density at radius 1 is 0.660 bits per heavy atom. The largest absolute Gasteiger partial charge is 0.403 e. The normalized spacial score (nSPS) is 22.0. The van der Waals surface area contributed by atoms with Crippen LogP contribution in [0, 0.1) is 11.6 Å². The molecule has 0 radical (unpaired) electrons. The minimum atomic E-state index is -4.59. The second kappa shape index (κ2) is 14.7. The zero-order chi connectivity index (χ0) is 36.8. The Labute approximate surface area is 317 Å². The van der Waals surface area contributed by atoms with Crippen LogP contribution in [0.1, 0.15) is 41.1 Å². The van der Waals surface area contributed by atoms with E-state index in [2.05, 4.69) is 41.8 Å². The van der Waals surface area contributed by atoms with Crippen LogP contribution in [-0.2, 0) is 10.8 Å². The molecule has 2 aliphatic rings. The van der Waals surface area contributed by atoms with E-state index in [1.54, 1.807) is 0 Å². The Kier molecular flexibility index (Phi) is 11.4. The number of nitrogens with zero attached hydrogens (tertiary/aromatic N) is 2. The second-order valence-electron chi connectivity index (χ2n) is 11.6. The molecule has 3 unspecified atom stereocenters. The zero-order valence-electron chi connectivity index (χ0n) is 24.9. The van der Waals surface area contributed by atoms with Gasteiger partial charge in [0.05, 0.1) is 21.5 Å². The van der Waals surface area contributed by atoms with Crippen molar-refractivity contribution < 1.29 is 35.1 Å². The lowest BCUT2D eigenvalue weighted by Gasteiger charge is -2.31. The smallest absolute Gasteiger partial charge is 0.288 e. The Morgan fingerprint density at radius 2 is 1.18 bits per heavy atom. The highest BCUT2D eigenvalue weighted by molar-refractivity contribution is 9.10. The molecule has 0 aromatic heterocycles. The predicted molar refractivity (Wildman–Crippen MR) is 188 cm³/mol. The number of benzene rings is 4. The first kappa shape index (κ1) is 39.0. The minimum absolute atomic E-state index is 0.0302. The molecule has 0 fully saturated rings. The maximum absolute atomic E-state index is 14.0. The van der Waals surface area contributed by atoms with E-state index in [0.717, 1.165) is 6.21 Å². The summed E-state index contributed by atoms with van der Waals surface area (Å²) in [6.45, 7) is -0.475. The molecule has 0 saturated carbocycles. The highest BCUT2D eigenvalue weighted by Crippen LogP contribution is 2.52. The van der Waals surface area contributed by atoms with Crippen molar-refractivity contribution in [3.63, 3.8) is 0 Å². The van der Waals surface area contributed by atoms with Crippen LogP contribution < -0.4 is 0 Å². The molecule has 0 amide bonds. The van der Waals surface area contributed by atoms with E-state index in [9.17, 15) is 35.1 Å². The van der Waals surface area contributed by atoms with Gasteiger partial charge < -0.3 is 0 Å². The lowest BCUT2D eigenvalue weighted by Crippen LogP contribution is -2.43. The number of rotatable bonds is 4. The molecule has 6 rings (SSSR count). The van der Waals surface area contributed by atoms with Crippen molar-refractivity contribution in [1.82, 2.24) is 0 Å². The molecule has 50 heavy (non-hydrogen) atoms. The lowest BCUT2D eigenvalue weighted by atomic mass is 9.76. The molecule has 4 aromatic carbocycles. The molecular formula is C34H20Br2Cl4F8N2. The van der Waals surface area contributed by atoms with Crippen molar-refractivity contribution >= 4 is 90.2 Å². The summed E-state index contributed by atoms with van der Waals surface area (Å²) in [6, 6.07) is 15.1. The van der Waals surface area contributed by atoms with Crippen molar-refractivity contribution in [2.24, 2.45) is 9.98 Å². The van der Waals surface area contributed by atoms with Gasteiger partial charge in [-0.05, 0) is 121 Å². The van der Waals surface area contributed by atoms with Gasteiger partial charge in [-0.2, -0.15) is 26.3 Å². The SMILES string of the molecule is Fc1ccc(C2=NCC(c3cc(Cl)cc(Cl)c3)(C(F)(F)F)C2)cc1Br.Fc1ccc(C2CC(c3cc(Cl)cc(Cl)c3)(C(F)(F)F)C=N2)cc1Br. The number of alkyl halides is 6. The quantitative estimate of drug-likeness (QED) is 0.182. The minimum Gasteiger partial charge on any atom is -0.288 e. The zero-order valence-corrected chi connectivity index (χ0v) is 31.1. The number of hydrogen-bond acceptors (Lipinski definition) is 2. The maximum atomic E-state index is 14.0. The third-order valence-electron chi connectivity index (χ3n) is 8.42. The van der Waals surface area contributed by atoms with Crippen molar-refractivity contribution in [1.29, 1.82) is 0 Å². The van der Waals surface area contributed by atoms with Gasteiger partial charge in [0.15, 0.2) is 0 Å². The van der Waals surface area contributed by atoms with E-state index in [-0.39, 0.29) is 58.7 Å². The van der Waals surface area contributed by atoms with Crippen LogP contribution in [0.4, 0.5) is 35.1 Å². The standard InChI is InChI=1S/2C17H10BrCl2F4N/c2*18-13-3-9(1-2-14(13)21)15-7-16(8-25-15,17(22,23)24)10-4-11(19)6-12(20)5-10/h1-6H,7-8H2;1-6,8,15H,7H2. The van der Waals surface area contributed by atoms with Gasteiger partial charge in [0.2, 0.25) is 0 Å². The molecule has 0 spiro atoms. The van der Waals surface area contributed by atoms with E-state index < -0.39 is 47.4 Å². The molecular weight excluding hydrogens is 890 g/mol. The lowest BCUT2D eigenvalue weighted by molar-refractivity contribution is -0.183. The van der Waals surface area contributed by atoms with E-state index in [0.29, 0.717) is 11.1 Å². The topological polar surface area (TPSA) is 24.7 Å². The van der Waals surface area contributed by atoms with E-state index in [1.807, 2.05) is 0 Å². The van der Waals surface area contributed by atoms with Gasteiger partial charge in [0.1, 0.15) is 22.5 Å². The molecule has 0 aliphatic carbocycles. The molecule has 264 valence electrons. The Bertz CT molecular complexity index is 1960. The number of hydrogen-bond donors (Lipinski definition) is 0. The average Bonchev–Trinajstić information content (AvgIpc) is 3.67. The van der Waals surface area contributed by atoms with Crippen LogP contribution in [0.25, 0.3) is 0 Å². The summed E-state index contributed by atoms with van der Waals surface area (Å²) in [5.74, 6) is -0.986. The van der Waals surface area contributed by atoms with Gasteiger partial charge in [-0.1, -0.05) is 58.5 Å². The highest BCUT2D eigenvalue weighted by Gasteiger charge is 2.59. The molecule has 2 heterocycles. The van der Waals surface area contributed by atoms with Crippen LogP contribution in [0.2, 0.25) is 20.1 Å².